The SMILES string of the molecule is CP(C)(=O)c1ccccc1Nc1nc(Nc2nc3ccc(Cl)cc3s2)ncc1Cl. The number of benzene rings is 2. The second-order valence-electron chi connectivity index (χ2n) is 6.64. The van der Waals surface area contributed by atoms with E-state index in [1.165, 1.54) is 17.5 Å². The predicted octanol–water partition coefficient (Wildman–Crippen LogP) is 6.13. The van der Waals surface area contributed by atoms with Crippen LogP contribution in [-0.4, -0.2) is 28.3 Å². The summed E-state index contributed by atoms with van der Waals surface area (Å²) >= 11 is 13.8. The molecule has 0 radical (unpaired) electrons. The van der Waals surface area contributed by atoms with Crippen LogP contribution >= 0.6 is 41.7 Å². The van der Waals surface area contributed by atoms with E-state index in [-0.39, 0.29) is 0 Å². The molecule has 2 aromatic heterocycles. The second-order valence-corrected chi connectivity index (χ2v) is 11.7. The quantitative estimate of drug-likeness (QED) is 0.346. The molecular weight excluding hydrogens is 448 g/mol. The maximum absolute atomic E-state index is 12.6. The van der Waals surface area contributed by atoms with E-state index in [4.69, 9.17) is 23.2 Å². The first-order chi connectivity index (χ1) is 13.8. The van der Waals surface area contributed by atoms with Crippen LogP contribution in [0.25, 0.3) is 10.2 Å². The van der Waals surface area contributed by atoms with Crippen molar-refractivity contribution in [3.8, 4) is 0 Å². The van der Waals surface area contributed by atoms with E-state index in [1.54, 1.807) is 19.4 Å². The molecule has 2 aromatic carbocycles. The monoisotopic (exact) mass is 463 g/mol. The fourth-order valence-electron chi connectivity index (χ4n) is 2.74. The summed E-state index contributed by atoms with van der Waals surface area (Å²) in [4.78, 5) is 13.2. The van der Waals surface area contributed by atoms with E-state index in [9.17, 15) is 4.57 Å². The van der Waals surface area contributed by atoms with Gasteiger partial charge in [-0.05, 0) is 43.7 Å². The lowest BCUT2D eigenvalue weighted by Gasteiger charge is -2.15. The van der Waals surface area contributed by atoms with Crippen LogP contribution in [0, 0.1) is 0 Å². The van der Waals surface area contributed by atoms with Gasteiger partial charge in [-0.15, -0.1) is 0 Å². The number of aromatic nitrogens is 3. The minimum Gasteiger partial charge on any atom is -0.338 e. The van der Waals surface area contributed by atoms with Gasteiger partial charge in [-0.25, -0.2) is 9.97 Å². The number of fused-ring (bicyclic) bond motifs is 1. The lowest BCUT2D eigenvalue weighted by Crippen LogP contribution is -2.10. The van der Waals surface area contributed by atoms with Gasteiger partial charge in [-0.2, -0.15) is 4.98 Å². The average molecular weight is 464 g/mol. The van der Waals surface area contributed by atoms with Crippen LogP contribution < -0.4 is 15.9 Å². The Morgan fingerprint density at radius 1 is 1.03 bits per heavy atom. The molecule has 0 fully saturated rings. The third kappa shape index (κ3) is 4.54. The summed E-state index contributed by atoms with van der Waals surface area (Å²) in [5.74, 6) is 0.755. The van der Waals surface area contributed by atoms with Crippen LogP contribution in [0.2, 0.25) is 10.0 Å². The number of hydrogen-bond acceptors (Lipinski definition) is 7. The van der Waals surface area contributed by atoms with E-state index in [2.05, 4.69) is 25.6 Å². The summed E-state index contributed by atoms with van der Waals surface area (Å²) in [5.41, 5.74) is 1.53. The largest absolute Gasteiger partial charge is 0.338 e. The van der Waals surface area contributed by atoms with Crippen LogP contribution in [0.1, 0.15) is 0 Å². The van der Waals surface area contributed by atoms with Crippen LogP contribution in [-0.2, 0) is 4.57 Å². The zero-order valence-corrected chi connectivity index (χ0v) is 18.7. The van der Waals surface area contributed by atoms with E-state index in [0.29, 0.717) is 32.6 Å². The van der Waals surface area contributed by atoms with Crippen molar-refractivity contribution in [1.82, 2.24) is 15.0 Å². The Balaban J connectivity index is 1.63. The molecule has 0 aliphatic heterocycles. The van der Waals surface area contributed by atoms with Crippen LogP contribution in [0.5, 0.6) is 0 Å². The Morgan fingerprint density at radius 3 is 2.62 bits per heavy atom. The molecule has 0 saturated heterocycles. The summed E-state index contributed by atoms with van der Waals surface area (Å²) in [6.45, 7) is 3.45. The first-order valence-electron chi connectivity index (χ1n) is 8.57. The van der Waals surface area contributed by atoms with Crippen LogP contribution in [0.3, 0.4) is 0 Å². The molecule has 0 spiro atoms. The van der Waals surface area contributed by atoms with Gasteiger partial charge in [0.15, 0.2) is 10.9 Å². The molecule has 0 atom stereocenters. The molecule has 6 nitrogen and oxygen atoms in total. The molecule has 0 unspecified atom stereocenters. The lowest BCUT2D eigenvalue weighted by molar-refractivity contribution is 0.588. The molecule has 148 valence electrons. The van der Waals surface area contributed by atoms with Gasteiger partial charge in [0, 0.05) is 10.3 Å². The molecule has 4 aromatic rings. The first-order valence-corrected chi connectivity index (χ1v) is 12.7. The molecule has 29 heavy (non-hydrogen) atoms. The highest BCUT2D eigenvalue weighted by Crippen LogP contribution is 2.38. The molecule has 0 bridgehead atoms. The van der Waals surface area contributed by atoms with Crippen molar-refractivity contribution in [2.75, 3.05) is 24.0 Å². The van der Waals surface area contributed by atoms with Crippen molar-refractivity contribution < 1.29 is 4.57 Å². The highest BCUT2D eigenvalue weighted by molar-refractivity contribution is 7.70. The number of nitrogens with zero attached hydrogens (tertiary/aromatic N) is 3. The van der Waals surface area contributed by atoms with E-state index >= 15 is 0 Å². The minimum absolute atomic E-state index is 0.343. The van der Waals surface area contributed by atoms with Crippen molar-refractivity contribution >= 4 is 79.8 Å². The maximum atomic E-state index is 12.6. The zero-order chi connectivity index (χ0) is 20.6. The smallest absolute Gasteiger partial charge is 0.231 e. The molecule has 2 N–H and O–H groups in total. The van der Waals surface area contributed by atoms with Gasteiger partial charge in [0.2, 0.25) is 5.95 Å². The highest BCUT2D eigenvalue weighted by Gasteiger charge is 2.17. The fraction of sp³-hybridized carbons (Fsp3) is 0.105. The molecule has 0 aliphatic rings. The number of hydrogen-bond donors (Lipinski definition) is 2. The van der Waals surface area contributed by atoms with Crippen molar-refractivity contribution in [3.05, 3.63) is 58.7 Å². The zero-order valence-electron chi connectivity index (χ0n) is 15.5. The van der Waals surface area contributed by atoms with Crippen molar-refractivity contribution in [2.45, 2.75) is 0 Å². The van der Waals surface area contributed by atoms with Gasteiger partial charge >= 0.3 is 0 Å². The summed E-state index contributed by atoms with van der Waals surface area (Å²) in [6, 6.07) is 12.9. The highest BCUT2D eigenvalue weighted by atomic mass is 35.5. The number of halogens is 2. The molecule has 4 rings (SSSR count). The van der Waals surface area contributed by atoms with Crippen molar-refractivity contribution in [3.63, 3.8) is 0 Å². The Labute approximate surface area is 181 Å². The van der Waals surface area contributed by atoms with Crippen LogP contribution in [0.15, 0.2) is 48.7 Å². The van der Waals surface area contributed by atoms with E-state index in [1.807, 2.05) is 36.4 Å². The van der Waals surface area contributed by atoms with Crippen LogP contribution in [0.4, 0.5) is 22.6 Å². The lowest BCUT2D eigenvalue weighted by atomic mass is 10.3. The second kappa shape index (κ2) is 7.92. The Morgan fingerprint density at radius 2 is 1.83 bits per heavy atom. The number of nitrogens with one attached hydrogen (secondary N) is 2. The summed E-state index contributed by atoms with van der Waals surface area (Å²) in [7, 11) is -2.48. The van der Waals surface area contributed by atoms with Gasteiger partial charge in [0.25, 0.3) is 0 Å². The fourth-order valence-corrected chi connectivity index (χ4v) is 5.17. The molecule has 2 heterocycles. The van der Waals surface area contributed by atoms with E-state index in [0.717, 1.165) is 15.5 Å². The Kier molecular flexibility index (Phi) is 5.49. The predicted molar refractivity (Wildman–Crippen MR) is 124 cm³/mol. The third-order valence-corrected chi connectivity index (χ3v) is 7.05. The van der Waals surface area contributed by atoms with E-state index < -0.39 is 7.14 Å². The van der Waals surface area contributed by atoms with Gasteiger partial charge in [0.1, 0.15) is 12.2 Å². The van der Waals surface area contributed by atoms with Gasteiger partial charge in [0.05, 0.1) is 22.1 Å². The van der Waals surface area contributed by atoms with Gasteiger partial charge in [-0.1, -0.05) is 46.7 Å². The van der Waals surface area contributed by atoms with Crippen molar-refractivity contribution in [2.24, 2.45) is 0 Å². The average Bonchev–Trinajstić information content (AvgIpc) is 3.05. The Bertz CT molecular complexity index is 1260. The molecule has 0 saturated carbocycles. The molecular formula is C19H16Cl2N5OPS. The standard InChI is InChI=1S/C19H16Cl2N5OPS/c1-28(2,27)15-6-4-3-5-13(15)23-17-12(21)10-22-18(25-17)26-19-24-14-8-7-11(20)9-16(14)29-19/h3-10H,1-2H3,(H2,22,23,24,25,26). The minimum atomic E-state index is -2.48. The van der Waals surface area contributed by atoms with Crippen molar-refractivity contribution in [1.29, 1.82) is 0 Å². The number of anilines is 4. The third-order valence-electron chi connectivity index (χ3n) is 4.05. The number of para-hydroxylation sites is 1. The summed E-state index contributed by atoms with van der Waals surface area (Å²) < 4.78 is 13.6. The number of rotatable bonds is 5. The molecule has 0 amide bonds. The van der Waals surface area contributed by atoms with Gasteiger partial charge < -0.3 is 9.88 Å². The first kappa shape index (κ1) is 20.1. The maximum Gasteiger partial charge on any atom is 0.231 e. The molecule has 0 aliphatic carbocycles. The summed E-state index contributed by atoms with van der Waals surface area (Å²) in [6.07, 6.45) is 1.50. The van der Waals surface area contributed by atoms with Gasteiger partial charge in [-0.3, -0.25) is 5.32 Å². The summed E-state index contributed by atoms with van der Waals surface area (Å²) in [5, 5.41) is 8.66. The molecule has 10 heteroatoms. The number of thiazole rings is 1. The topological polar surface area (TPSA) is 79.8 Å². The Hall–Kier alpha value is -2.18. The normalized spacial score (nSPS) is 11.6.